The van der Waals surface area contributed by atoms with Crippen molar-refractivity contribution in [1.29, 1.82) is 0 Å². The second-order valence-corrected chi connectivity index (χ2v) is 6.92. The molecule has 0 aromatic heterocycles. The van der Waals surface area contributed by atoms with Crippen LogP contribution < -0.4 is 0 Å². The van der Waals surface area contributed by atoms with Gasteiger partial charge in [-0.3, -0.25) is 4.79 Å². The fourth-order valence-corrected chi connectivity index (χ4v) is 3.05. The molecule has 2 aromatic carbocycles. The highest BCUT2D eigenvalue weighted by Gasteiger charge is 2.45. The lowest BCUT2D eigenvalue weighted by atomic mass is 9.95. The smallest absolute Gasteiger partial charge is 0.276 e. The van der Waals surface area contributed by atoms with E-state index in [1.807, 2.05) is 38.1 Å². The first-order chi connectivity index (χ1) is 11.4. The van der Waals surface area contributed by atoms with Crippen molar-refractivity contribution < 1.29 is 9.90 Å². The number of hydrazone groups is 1. The van der Waals surface area contributed by atoms with E-state index in [0.717, 1.165) is 15.7 Å². The average Bonchev–Trinajstić information content (AvgIpc) is 2.93. The third-order valence-corrected chi connectivity index (χ3v) is 4.78. The molecular weight excluding hydrogens is 368 g/mol. The second kappa shape index (κ2) is 6.49. The molecule has 1 N–H and O–H groups in total. The SMILES string of the molecule is CCC1=NN(C(=O)c2ccc(Br)cc2)[C@@](O)(c2ccc(C)cc2)C1. The van der Waals surface area contributed by atoms with E-state index in [9.17, 15) is 9.90 Å². The van der Waals surface area contributed by atoms with Crippen molar-refractivity contribution in [3.63, 3.8) is 0 Å². The number of benzene rings is 2. The molecule has 0 bridgehead atoms. The maximum Gasteiger partial charge on any atom is 0.276 e. The molecule has 0 radical (unpaired) electrons. The Morgan fingerprint density at radius 1 is 1.21 bits per heavy atom. The van der Waals surface area contributed by atoms with Gasteiger partial charge < -0.3 is 5.11 Å². The molecule has 1 atom stereocenters. The molecule has 0 saturated heterocycles. The molecule has 0 spiro atoms. The number of hydrogen-bond acceptors (Lipinski definition) is 3. The van der Waals surface area contributed by atoms with Crippen LogP contribution in [0.5, 0.6) is 0 Å². The van der Waals surface area contributed by atoms with Gasteiger partial charge in [-0.25, -0.2) is 0 Å². The number of halogens is 1. The van der Waals surface area contributed by atoms with Crippen molar-refractivity contribution in [3.8, 4) is 0 Å². The van der Waals surface area contributed by atoms with Crippen LogP contribution >= 0.6 is 15.9 Å². The summed E-state index contributed by atoms with van der Waals surface area (Å²) in [7, 11) is 0. The highest BCUT2D eigenvalue weighted by molar-refractivity contribution is 9.10. The van der Waals surface area contributed by atoms with Crippen LogP contribution in [-0.4, -0.2) is 21.7 Å². The fourth-order valence-electron chi connectivity index (χ4n) is 2.79. The summed E-state index contributed by atoms with van der Waals surface area (Å²) >= 11 is 3.36. The fraction of sp³-hybridized carbons (Fsp3) is 0.263. The Bertz CT molecular complexity index is 784. The number of aliphatic hydroxyl groups is 1. The molecule has 2 aromatic rings. The van der Waals surface area contributed by atoms with Crippen molar-refractivity contribution in [2.75, 3.05) is 0 Å². The number of hydrogen-bond donors (Lipinski definition) is 1. The summed E-state index contributed by atoms with van der Waals surface area (Å²) in [6.07, 6.45) is 1.02. The molecule has 3 rings (SSSR count). The van der Waals surface area contributed by atoms with Crippen molar-refractivity contribution in [3.05, 3.63) is 69.7 Å². The van der Waals surface area contributed by atoms with Gasteiger partial charge in [-0.2, -0.15) is 10.1 Å². The van der Waals surface area contributed by atoms with Crippen LogP contribution in [0, 0.1) is 6.92 Å². The minimum absolute atomic E-state index is 0.311. The van der Waals surface area contributed by atoms with Crippen LogP contribution in [0.15, 0.2) is 58.1 Å². The lowest BCUT2D eigenvalue weighted by Gasteiger charge is -2.31. The minimum Gasteiger partial charge on any atom is -0.365 e. The predicted octanol–water partition coefficient (Wildman–Crippen LogP) is 4.21. The van der Waals surface area contributed by atoms with E-state index >= 15 is 0 Å². The third kappa shape index (κ3) is 3.01. The van der Waals surface area contributed by atoms with E-state index in [4.69, 9.17) is 0 Å². The molecule has 0 unspecified atom stereocenters. The standard InChI is InChI=1S/C19H19BrN2O2/c1-3-17-12-19(24,15-8-4-13(2)5-9-15)22(21-17)18(23)14-6-10-16(20)11-7-14/h4-11,24H,3,12H2,1-2H3/t19-/m0/s1. The number of carbonyl (C=O) groups excluding carboxylic acids is 1. The van der Waals surface area contributed by atoms with Crippen LogP contribution in [0.2, 0.25) is 0 Å². The molecule has 0 saturated carbocycles. The summed E-state index contributed by atoms with van der Waals surface area (Å²) in [5, 5.41) is 16.9. The van der Waals surface area contributed by atoms with Gasteiger partial charge in [0.25, 0.3) is 5.91 Å². The van der Waals surface area contributed by atoms with Crippen LogP contribution in [0.1, 0.15) is 41.3 Å². The van der Waals surface area contributed by atoms with Crippen molar-refractivity contribution in [2.45, 2.75) is 32.4 Å². The predicted molar refractivity (Wildman–Crippen MR) is 97.7 cm³/mol. The van der Waals surface area contributed by atoms with Crippen LogP contribution in [0.4, 0.5) is 0 Å². The van der Waals surface area contributed by atoms with Gasteiger partial charge in [-0.15, -0.1) is 0 Å². The molecule has 5 heteroatoms. The third-order valence-electron chi connectivity index (χ3n) is 4.25. The average molecular weight is 387 g/mol. The molecule has 1 heterocycles. The Kier molecular flexibility index (Phi) is 4.56. The summed E-state index contributed by atoms with van der Waals surface area (Å²) in [4.78, 5) is 12.9. The number of nitrogens with zero attached hydrogens (tertiary/aromatic N) is 2. The molecule has 1 aliphatic heterocycles. The Balaban J connectivity index is 2.01. The first-order valence-corrected chi connectivity index (χ1v) is 8.69. The number of rotatable bonds is 3. The van der Waals surface area contributed by atoms with E-state index in [-0.39, 0.29) is 5.91 Å². The molecule has 1 amide bonds. The van der Waals surface area contributed by atoms with Gasteiger partial charge in [0.1, 0.15) is 0 Å². The van der Waals surface area contributed by atoms with Gasteiger partial charge in [-0.05, 0) is 37.6 Å². The summed E-state index contributed by atoms with van der Waals surface area (Å²) in [6.45, 7) is 3.96. The summed E-state index contributed by atoms with van der Waals surface area (Å²) < 4.78 is 0.895. The zero-order valence-corrected chi connectivity index (χ0v) is 15.2. The molecule has 1 aliphatic rings. The highest BCUT2D eigenvalue weighted by Crippen LogP contribution is 2.37. The van der Waals surface area contributed by atoms with Gasteiger partial charge in [0.2, 0.25) is 0 Å². The monoisotopic (exact) mass is 386 g/mol. The van der Waals surface area contributed by atoms with E-state index < -0.39 is 5.72 Å². The van der Waals surface area contributed by atoms with Gasteiger partial charge in [0, 0.05) is 27.7 Å². The van der Waals surface area contributed by atoms with Crippen LogP contribution in [0.25, 0.3) is 0 Å². The van der Waals surface area contributed by atoms with E-state index in [0.29, 0.717) is 24.0 Å². The largest absolute Gasteiger partial charge is 0.365 e. The van der Waals surface area contributed by atoms with Gasteiger partial charge in [-0.1, -0.05) is 52.7 Å². The Morgan fingerprint density at radius 2 is 1.83 bits per heavy atom. The first kappa shape index (κ1) is 16.9. The summed E-state index contributed by atoms with van der Waals surface area (Å²) in [6, 6.07) is 14.6. The number of carbonyl (C=O) groups is 1. The van der Waals surface area contributed by atoms with Crippen LogP contribution in [0.3, 0.4) is 0 Å². The second-order valence-electron chi connectivity index (χ2n) is 6.00. The zero-order chi connectivity index (χ0) is 17.3. The van der Waals surface area contributed by atoms with Gasteiger partial charge >= 0.3 is 0 Å². The number of amides is 1. The van der Waals surface area contributed by atoms with E-state index in [2.05, 4.69) is 21.0 Å². The molecule has 24 heavy (non-hydrogen) atoms. The summed E-state index contributed by atoms with van der Waals surface area (Å²) in [5.41, 5.74) is 1.63. The lowest BCUT2D eigenvalue weighted by molar-refractivity contribution is -0.0765. The Morgan fingerprint density at radius 3 is 2.42 bits per heavy atom. The van der Waals surface area contributed by atoms with Crippen molar-refractivity contribution in [2.24, 2.45) is 5.10 Å². The maximum absolute atomic E-state index is 12.9. The molecular formula is C19H19BrN2O2. The zero-order valence-electron chi connectivity index (χ0n) is 13.7. The van der Waals surface area contributed by atoms with Crippen LogP contribution in [-0.2, 0) is 5.72 Å². The molecule has 4 nitrogen and oxygen atoms in total. The van der Waals surface area contributed by atoms with E-state index in [1.165, 1.54) is 5.01 Å². The molecule has 0 fully saturated rings. The lowest BCUT2D eigenvalue weighted by Crippen LogP contribution is -2.43. The normalized spacial score (nSPS) is 20.2. The topological polar surface area (TPSA) is 52.9 Å². The highest BCUT2D eigenvalue weighted by atomic mass is 79.9. The number of aryl methyl sites for hydroxylation is 1. The van der Waals surface area contributed by atoms with E-state index in [1.54, 1.807) is 24.3 Å². The van der Waals surface area contributed by atoms with Gasteiger partial charge in [0.15, 0.2) is 5.72 Å². The maximum atomic E-state index is 12.9. The molecule has 124 valence electrons. The molecule has 0 aliphatic carbocycles. The van der Waals surface area contributed by atoms with Crippen molar-refractivity contribution in [1.82, 2.24) is 5.01 Å². The minimum atomic E-state index is -1.44. The Labute approximate surface area is 149 Å². The first-order valence-electron chi connectivity index (χ1n) is 7.90. The van der Waals surface area contributed by atoms with Gasteiger partial charge in [0.05, 0.1) is 0 Å². The summed E-state index contributed by atoms with van der Waals surface area (Å²) in [5.74, 6) is -0.311. The van der Waals surface area contributed by atoms with Crippen molar-refractivity contribution >= 4 is 27.5 Å². The quantitative estimate of drug-likeness (QED) is 0.858. The Hall–Kier alpha value is -1.98.